The first kappa shape index (κ1) is 10.5. The lowest BCUT2D eigenvalue weighted by atomic mass is 10.4. The molecular formula is C10H16N4. The fourth-order valence-corrected chi connectivity index (χ4v) is 1.09. The Morgan fingerprint density at radius 2 is 2.43 bits per heavy atom. The van der Waals surface area contributed by atoms with Crippen molar-refractivity contribution in [2.24, 2.45) is 4.99 Å². The van der Waals surface area contributed by atoms with Gasteiger partial charge in [0.05, 0.1) is 0 Å². The minimum atomic E-state index is 0.794. The Morgan fingerprint density at radius 3 is 3.00 bits per heavy atom. The molecule has 0 unspecified atom stereocenters. The van der Waals surface area contributed by atoms with Crippen LogP contribution >= 0.6 is 0 Å². The SMILES string of the molecule is C=Cn1nc(NCCC)ccc1=NC. The Morgan fingerprint density at radius 1 is 1.64 bits per heavy atom. The number of rotatable bonds is 4. The fourth-order valence-electron chi connectivity index (χ4n) is 1.09. The van der Waals surface area contributed by atoms with Crippen molar-refractivity contribution in [3.63, 3.8) is 0 Å². The zero-order valence-electron chi connectivity index (χ0n) is 8.70. The lowest BCUT2D eigenvalue weighted by molar-refractivity contribution is 0.819. The normalized spacial score (nSPS) is 11.4. The number of nitrogens with zero attached hydrogens (tertiary/aromatic N) is 3. The molecule has 0 bridgehead atoms. The minimum Gasteiger partial charge on any atom is -0.369 e. The van der Waals surface area contributed by atoms with Crippen molar-refractivity contribution in [3.05, 3.63) is 24.2 Å². The molecule has 0 aliphatic heterocycles. The average molecular weight is 192 g/mol. The topological polar surface area (TPSA) is 42.2 Å². The van der Waals surface area contributed by atoms with Crippen LogP contribution in [-0.2, 0) is 0 Å². The van der Waals surface area contributed by atoms with E-state index in [-0.39, 0.29) is 0 Å². The van der Waals surface area contributed by atoms with E-state index >= 15 is 0 Å². The molecule has 4 heteroatoms. The molecule has 1 N–H and O–H groups in total. The Kier molecular flexibility index (Phi) is 3.91. The molecule has 76 valence electrons. The van der Waals surface area contributed by atoms with Crippen LogP contribution in [0.15, 0.2) is 23.7 Å². The van der Waals surface area contributed by atoms with E-state index in [1.54, 1.807) is 17.9 Å². The zero-order valence-corrected chi connectivity index (χ0v) is 8.70. The molecule has 1 rings (SSSR count). The monoisotopic (exact) mass is 192 g/mol. The summed E-state index contributed by atoms with van der Waals surface area (Å²) in [6.07, 6.45) is 2.72. The number of hydrogen-bond donors (Lipinski definition) is 1. The van der Waals surface area contributed by atoms with Gasteiger partial charge in [0.1, 0.15) is 11.3 Å². The molecule has 14 heavy (non-hydrogen) atoms. The van der Waals surface area contributed by atoms with Crippen molar-refractivity contribution < 1.29 is 0 Å². The van der Waals surface area contributed by atoms with Gasteiger partial charge in [-0.1, -0.05) is 13.5 Å². The molecule has 4 nitrogen and oxygen atoms in total. The van der Waals surface area contributed by atoms with Crippen molar-refractivity contribution >= 4 is 12.0 Å². The van der Waals surface area contributed by atoms with Crippen molar-refractivity contribution in [2.45, 2.75) is 13.3 Å². The van der Waals surface area contributed by atoms with E-state index in [0.29, 0.717) is 0 Å². The van der Waals surface area contributed by atoms with Crippen LogP contribution in [0.25, 0.3) is 6.20 Å². The Bertz CT molecular complexity index is 365. The van der Waals surface area contributed by atoms with Crippen molar-refractivity contribution in [1.82, 2.24) is 9.78 Å². The van der Waals surface area contributed by atoms with Crippen LogP contribution in [0.2, 0.25) is 0 Å². The van der Waals surface area contributed by atoms with Crippen LogP contribution in [-0.4, -0.2) is 23.4 Å². The first-order chi connectivity index (χ1) is 6.81. The number of nitrogens with one attached hydrogen (secondary N) is 1. The average Bonchev–Trinajstić information content (AvgIpc) is 2.25. The van der Waals surface area contributed by atoms with Crippen molar-refractivity contribution in [2.75, 3.05) is 18.9 Å². The molecule has 0 aliphatic carbocycles. The first-order valence-corrected chi connectivity index (χ1v) is 4.71. The largest absolute Gasteiger partial charge is 0.369 e. The second-order valence-electron chi connectivity index (χ2n) is 2.85. The molecule has 0 fully saturated rings. The van der Waals surface area contributed by atoms with Gasteiger partial charge in [-0.15, -0.1) is 5.10 Å². The van der Waals surface area contributed by atoms with Gasteiger partial charge in [-0.2, -0.15) is 0 Å². The molecule has 0 saturated carbocycles. The van der Waals surface area contributed by atoms with Crippen LogP contribution in [0.1, 0.15) is 13.3 Å². The second-order valence-corrected chi connectivity index (χ2v) is 2.85. The van der Waals surface area contributed by atoms with E-state index in [1.807, 2.05) is 12.1 Å². The highest BCUT2D eigenvalue weighted by atomic mass is 15.3. The van der Waals surface area contributed by atoms with Crippen molar-refractivity contribution in [3.8, 4) is 0 Å². The molecular weight excluding hydrogens is 176 g/mol. The quantitative estimate of drug-likeness (QED) is 0.782. The van der Waals surface area contributed by atoms with Gasteiger partial charge in [0.25, 0.3) is 0 Å². The van der Waals surface area contributed by atoms with Crippen LogP contribution in [0.5, 0.6) is 0 Å². The third-order valence-electron chi connectivity index (χ3n) is 1.80. The van der Waals surface area contributed by atoms with Crippen LogP contribution in [0, 0.1) is 0 Å². The minimum absolute atomic E-state index is 0.794. The molecule has 1 aromatic rings. The van der Waals surface area contributed by atoms with Gasteiger partial charge >= 0.3 is 0 Å². The molecule has 1 aromatic heterocycles. The summed E-state index contributed by atoms with van der Waals surface area (Å²) < 4.78 is 1.65. The third-order valence-corrected chi connectivity index (χ3v) is 1.80. The summed E-state index contributed by atoms with van der Waals surface area (Å²) in [5, 5.41) is 7.49. The zero-order chi connectivity index (χ0) is 10.4. The standard InChI is InChI=1S/C10H16N4/c1-4-8-12-9-6-7-10(11-3)14(5-2)13-9/h5-7H,2,4,8H2,1,3H3,(H,12,13). The summed E-state index contributed by atoms with van der Waals surface area (Å²) in [4.78, 5) is 4.06. The van der Waals surface area contributed by atoms with Gasteiger partial charge in [-0.05, 0) is 18.6 Å². The lowest BCUT2D eigenvalue weighted by Crippen LogP contribution is -2.20. The molecule has 0 aromatic carbocycles. The molecule has 0 aliphatic rings. The summed E-state index contributed by atoms with van der Waals surface area (Å²) in [6, 6.07) is 3.82. The predicted octanol–water partition coefficient (Wildman–Crippen LogP) is 1.34. The Hall–Kier alpha value is -1.58. The van der Waals surface area contributed by atoms with Gasteiger partial charge in [-0.3, -0.25) is 4.99 Å². The van der Waals surface area contributed by atoms with Gasteiger partial charge in [-0.25, -0.2) is 4.68 Å². The summed E-state index contributed by atoms with van der Waals surface area (Å²) in [6.45, 7) is 6.71. The molecule has 0 saturated heterocycles. The molecule has 1 heterocycles. The fraction of sp³-hybridized carbons (Fsp3) is 0.400. The summed E-state index contributed by atoms with van der Waals surface area (Å²) in [7, 11) is 1.73. The van der Waals surface area contributed by atoms with E-state index < -0.39 is 0 Å². The number of hydrogen-bond acceptors (Lipinski definition) is 3. The van der Waals surface area contributed by atoms with Crippen LogP contribution in [0.4, 0.5) is 5.82 Å². The van der Waals surface area contributed by atoms with E-state index in [2.05, 4.69) is 28.9 Å². The molecule has 0 atom stereocenters. The number of anilines is 1. The van der Waals surface area contributed by atoms with Gasteiger partial charge in [0.15, 0.2) is 0 Å². The maximum absolute atomic E-state index is 4.29. The smallest absolute Gasteiger partial charge is 0.148 e. The van der Waals surface area contributed by atoms with Gasteiger partial charge in [0, 0.05) is 19.8 Å². The highest BCUT2D eigenvalue weighted by Gasteiger charge is 1.94. The van der Waals surface area contributed by atoms with Gasteiger partial charge < -0.3 is 5.32 Å². The van der Waals surface area contributed by atoms with Gasteiger partial charge in [0.2, 0.25) is 0 Å². The summed E-state index contributed by atoms with van der Waals surface area (Å²) in [5.74, 6) is 0.846. The second kappa shape index (κ2) is 5.21. The summed E-state index contributed by atoms with van der Waals surface area (Å²) in [5.41, 5.74) is 0.794. The number of aromatic nitrogens is 2. The molecule has 0 spiro atoms. The first-order valence-electron chi connectivity index (χ1n) is 4.71. The Labute approximate surface area is 84.0 Å². The maximum atomic E-state index is 4.29. The lowest BCUT2D eigenvalue weighted by Gasteiger charge is -2.05. The van der Waals surface area contributed by atoms with Crippen molar-refractivity contribution in [1.29, 1.82) is 0 Å². The van der Waals surface area contributed by atoms with Crippen LogP contribution < -0.4 is 10.8 Å². The highest BCUT2D eigenvalue weighted by Crippen LogP contribution is 1.97. The molecule has 0 radical (unpaired) electrons. The summed E-state index contributed by atoms with van der Waals surface area (Å²) >= 11 is 0. The third kappa shape index (κ3) is 2.45. The molecule has 0 amide bonds. The maximum Gasteiger partial charge on any atom is 0.148 e. The van der Waals surface area contributed by atoms with Crippen LogP contribution in [0.3, 0.4) is 0 Å². The Balaban J connectivity index is 2.96. The highest BCUT2D eigenvalue weighted by molar-refractivity contribution is 5.33. The van der Waals surface area contributed by atoms with E-state index in [9.17, 15) is 0 Å². The van der Waals surface area contributed by atoms with E-state index in [0.717, 1.165) is 24.3 Å². The van der Waals surface area contributed by atoms with E-state index in [1.165, 1.54) is 0 Å². The predicted molar refractivity (Wildman–Crippen MR) is 58.9 cm³/mol. The van der Waals surface area contributed by atoms with E-state index in [4.69, 9.17) is 0 Å².